The molecule has 2 aliphatic heterocycles. The van der Waals surface area contributed by atoms with Crippen molar-refractivity contribution in [2.45, 2.75) is 19.8 Å². The van der Waals surface area contributed by atoms with Crippen molar-refractivity contribution in [3.8, 4) is 11.5 Å². The predicted octanol–water partition coefficient (Wildman–Crippen LogP) is 3.79. The molecule has 4 heteroatoms. The monoisotopic (exact) mass is 306 g/mol. The normalized spacial score (nSPS) is 18.1. The number of nitrogens with zero attached hydrogens (tertiary/aromatic N) is 2. The Bertz CT molecular complexity index is 809. The number of ether oxygens (including phenoxy) is 2. The molecule has 0 spiro atoms. The van der Waals surface area contributed by atoms with Gasteiger partial charge in [0, 0.05) is 24.5 Å². The second kappa shape index (κ2) is 5.88. The summed E-state index contributed by atoms with van der Waals surface area (Å²) in [4.78, 5) is 9.05. The van der Waals surface area contributed by atoms with Gasteiger partial charge in [-0.1, -0.05) is 6.07 Å². The highest BCUT2D eigenvalue weighted by Gasteiger charge is 2.16. The zero-order valence-electron chi connectivity index (χ0n) is 13.1. The molecule has 4 rings (SSSR count). The minimum Gasteiger partial charge on any atom is -0.454 e. The third kappa shape index (κ3) is 2.84. The molecule has 2 aromatic rings. The van der Waals surface area contributed by atoms with Crippen molar-refractivity contribution in [1.82, 2.24) is 4.98 Å². The summed E-state index contributed by atoms with van der Waals surface area (Å²) in [6.45, 7) is 3.24. The lowest BCUT2D eigenvalue weighted by Crippen LogP contribution is -2.12. The Morgan fingerprint density at radius 1 is 1.09 bits per heavy atom. The van der Waals surface area contributed by atoms with Crippen LogP contribution in [-0.2, 0) is 0 Å². The van der Waals surface area contributed by atoms with Gasteiger partial charge in [-0.05, 0) is 60.7 Å². The molecule has 116 valence electrons. The van der Waals surface area contributed by atoms with Crippen molar-refractivity contribution in [3.63, 3.8) is 0 Å². The zero-order valence-corrected chi connectivity index (χ0v) is 13.1. The lowest BCUT2D eigenvalue weighted by Gasteiger charge is -2.16. The molecule has 0 amide bonds. The highest BCUT2D eigenvalue weighted by atomic mass is 16.7. The van der Waals surface area contributed by atoms with Crippen LogP contribution in [0.1, 0.15) is 29.5 Å². The summed E-state index contributed by atoms with van der Waals surface area (Å²) in [5.74, 6) is 1.62. The SMILES string of the molecule is Cc1cncc(C2=NCCC/C2=C\c2ccc3c(c2)OCO3)c1. The van der Waals surface area contributed by atoms with E-state index >= 15 is 0 Å². The topological polar surface area (TPSA) is 43.7 Å². The predicted molar refractivity (Wildman–Crippen MR) is 90.2 cm³/mol. The molecule has 23 heavy (non-hydrogen) atoms. The number of pyridine rings is 1. The van der Waals surface area contributed by atoms with E-state index in [1.165, 1.54) is 5.57 Å². The average Bonchev–Trinajstić information content (AvgIpc) is 3.03. The van der Waals surface area contributed by atoms with Gasteiger partial charge in [-0.3, -0.25) is 9.98 Å². The summed E-state index contributed by atoms with van der Waals surface area (Å²) in [5.41, 5.74) is 5.67. The number of aliphatic imine (C=N–C) groups is 1. The molecule has 2 aliphatic rings. The Kier molecular flexibility index (Phi) is 3.58. The molecule has 0 radical (unpaired) electrons. The molecular formula is C19H18N2O2. The maximum absolute atomic E-state index is 5.46. The van der Waals surface area contributed by atoms with E-state index in [0.29, 0.717) is 6.79 Å². The number of benzene rings is 1. The lowest BCUT2D eigenvalue weighted by atomic mass is 9.94. The smallest absolute Gasteiger partial charge is 0.231 e. The van der Waals surface area contributed by atoms with Crippen LogP contribution >= 0.6 is 0 Å². The van der Waals surface area contributed by atoms with Gasteiger partial charge in [-0.25, -0.2) is 0 Å². The van der Waals surface area contributed by atoms with Crippen molar-refractivity contribution in [2.75, 3.05) is 13.3 Å². The van der Waals surface area contributed by atoms with Crippen molar-refractivity contribution in [3.05, 3.63) is 58.9 Å². The third-order valence-electron chi connectivity index (χ3n) is 4.06. The molecule has 0 unspecified atom stereocenters. The van der Waals surface area contributed by atoms with Crippen LogP contribution in [0.5, 0.6) is 11.5 Å². The Morgan fingerprint density at radius 3 is 2.91 bits per heavy atom. The first-order valence-electron chi connectivity index (χ1n) is 7.87. The van der Waals surface area contributed by atoms with Crippen LogP contribution < -0.4 is 9.47 Å². The zero-order chi connectivity index (χ0) is 15.6. The molecule has 0 saturated heterocycles. The van der Waals surface area contributed by atoms with E-state index in [2.05, 4.69) is 30.1 Å². The van der Waals surface area contributed by atoms with Gasteiger partial charge in [0.05, 0.1) is 5.71 Å². The van der Waals surface area contributed by atoms with E-state index in [4.69, 9.17) is 14.5 Å². The van der Waals surface area contributed by atoms with E-state index < -0.39 is 0 Å². The van der Waals surface area contributed by atoms with Crippen LogP contribution in [0.15, 0.2) is 47.2 Å². The molecule has 3 heterocycles. The maximum atomic E-state index is 5.46. The van der Waals surface area contributed by atoms with E-state index in [-0.39, 0.29) is 0 Å². The molecule has 0 saturated carbocycles. The number of aromatic nitrogens is 1. The Labute approximate surface area is 135 Å². The second-order valence-corrected chi connectivity index (χ2v) is 5.87. The first-order chi connectivity index (χ1) is 11.3. The minimum absolute atomic E-state index is 0.303. The molecule has 0 bridgehead atoms. The van der Waals surface area contributed by atoms with Gasteiger partial charge in [0.25, 0.3) is 0 Å². The van der Waals surface area contributed by atoms with E-state index in [0.717, 1.165) is 53.3 Å². The molecular weight excluding hydrogens is 288 g/mol. The first kappa shape index (κ1) is 14.0. The molecule has 0 aliphatic carbocycles. The van der Waals surface area contributed by atoms with Gasteiger partial charge in [-0.15, -0.1) is 0 Å². The van der Waals surface area contributed by atoms with Gasteiger partial charge in [0.15, 0.2) is 11.5 Å². The lowest BCUT2D eigenvalue weighted by molar-refractivity contribution is 0.174. The van der Waals surface area contributed by atoms with Crippen molar-refractivity contribution < 1.29 is 9.47 Å². The van der Waals surface area contributed by atoms with Gasteiger partial charge < -0.3 is 9.47 Å². The first-order valence-corrected chi connectivity index (χ1v) is 7.87. The number of allylic oxidation sites excluding steroid dienone is 1. The van der Waals surface area contributed by atoms with Crippen molar-refractivity contribution in [1.29, 1.82) is 0 Å². The Morgan fingerprint density at radius 2 is 2.00 bits per heavy atom. The molecule has 4 nitrogen and oxygen atoms in total. The van der Waals surface area contributed by atoms with E-state index in [1.807, 2.05) is 24.5 Å². The third-order valence-corrected chi connectivity index (χ3v) is 4.06. The minimum atomic E-state index is 0.303. The highest BCUT2D eigenvalue weighted by molar-refractivity contribution is 6.15. The second-order valence-electron chi connectivity index (χ2n) is 5.87. The number of rotatable bonds is 2. The van der Waals surface area contributed by atoms with Crippen LogP contribution in [0.2, 0.25) is 0 Å². The van der Waals surface area contributed by atoms with Gasteiger partial charge in [0.1, 0.15) is 0 Å². The number of hydrogen-bond acceptors (Lipinski definition) is 4. The summed E-state index contributed by atoms with van der Waals surface area (Å²) in [7, 11) is 0. The summed E-state index contributed by atoms with van der Waals surface area (Å²) < 4.78 is 10.8. The standard InChI is InChI=1S/C19H18N2O2/c1-13-7-16(11-20-10-13)19-15(3-2-6-21-19)8-14-4-5-17-18(9-14)23-12-22-17/h4-5,7-11H,2-3,6,12H2,1H3/b15-8+. The van der Waals surface area contributed by atoms with E-state index in [1.54, 1.807) is 0 Å². The van der Waals surface area contributed by atoms with Crippen LogP contribution in [0.3, 0.4) is 0 Å². The van der Waals surface area contributed by atoms with Crippen molar-refractivity contribution >= 4 is 11.8 Å². The van der Waals surface area contributed by atoms with Crippen LogP contribution in [0.4, 0.5) is 0 Å². The highest BCUT2D eigenvalue weighted by Crippen LogP contribution is 2.33. The number of aryl methyl sites for hydroxylation is 1. The summed E-state index contributed by atoms with van der Waals surface area (Å²) in [5, 5.41) is 0. The molecule has 0 N–H and O–H groups in total. The molecule has 0 atom stereocenters. The van der Waals surface area contributed by atoms with E-state index in [9.17, 15) is 0 Å². The molecule has 1 aromatic heterocycles. The molecule has 0 fully saturated rings. The van der Waals surface area contributed by atoms with Crippen LogP contribution in [0.25, 0.3) is 6.08 Å². The largest absolute Gasteiger partial charge is 0.454 e. The number of fused-ring (bicyclic) bond motifs is 1. The fourth-order valence-corrected chi connectivity index (χ4v) is 2.99. The van der Waals surface area contributed by atoms with Gasteiger partial charge in [0.2, 0.25) is 6.79 Å². The summed E-state index contributed by atoms with van der Waals surface area (Å²) in [6, 6.07) is 8.19. The fourth-order valence-electron chi connectivity index (χ4n) is 2.99. The van der Waals surface area contributed by atoms with Crippen LogP contribution in [-0.4, -0.2) is 24.0 Å². The summed E-state index contributed by atoms with van der Waals surface area (Å²) >= 11 is 0. The van der Waals surface area contributed by atoms with Crippen LogP contribution in [0, 0.1) is 6.92 Å². The number of hydrogen-bond donors (Lipinski definition) is 0. The molecule has 1 aromatic carbocycles. The average molecular weight is 306 g/mol. The summed E-state index contributed by atoms with van der Waals surface area (Å²) in [6.07, 6.45) is 8.07. The fraction of sp³-hybridized carbons (Fsp3) is 0.263. The Balaban J connectivity index is 1.71. The Hall–Kier alpha value is -2.62. The quantitative estimate of drug-likeness (QED) is 0.848. The van der Waals surface area contributed by atoms with Crippen molar-refractivity contribution in [2.24, 2.45) is 4.99 Å². The van der Waals surface area contributed by atoms with Gasteiger partial charge >= 0.3 is 0 Å². The van der Waals surface area contributed by atoms with Gasteiger partial charge in [-0.2, -0.15) is 0 Å². The maximum Gasteiger partial charge on any atom is 0.231 e.